The van der Waals surface area contributed by atoms with Crippen LogP contribution in [0.1, 0.15) is 108 Å². The fourth-order valence-electron chi connectivity index (χ4n) is 4.47. The molecule has 0 spiro atoms. The van der Waals surface area contributed by atoms with Gasteiger partial charge in [0.05, 0.1) is 16.7 Å². The maximum absolute atomic E-state index is 12.5. The summed E-state index contributed by atoms with van der Waals surface area (Å²) < 4.78 is 18.1. The van der Waals surface area contributed by atoms with Crippen LogP contribution < -0.4 is 10.8 Å². The second-order valence-electron chi connectivity index (χ2n) is 12.1. The van der Waals surface area contributed by atoms with E-state index in [0.29, 0.717) is 19.0 Å². The number of benzene rings is 1. The average molecular weight is 585 g/mol. The fourth-order valence-corrected chi connectivity index (χ4v) is 4.47. The van der Waals surface area contributed by atoms with E-state index in [1.165, 1.54) is 0 Å². The van der Waals surface area contributed by atoms with Crippen molar-refractivity contribution in [3.8, 4) is 0 Å². The third-order valence-electron chi connectivity index (χ3n) is 7.10. The molecule has 0 radical (unpaired) electrons. The van der Waals surface area contributed by atoms with Crippen molar-refractivity contribution in [1.82, 2.24) is 14.9 Å². The van der Waals surface area contributed by atoms with E-state index in [-0.39, 0.29) is 12.1 Å². The number of hydrogen-bond acceptors (Lipinski definition) is 7. The van der Waals surface area contributed by atoms with E-state index >= 15 is 0 Å². The third kappa shape index (κ3) is 9.97. The summed E-state index contributed by atoms with van der Waals surface area (Å²) in [6.07, 6.45) is 6.01. The average Bonchev–Trinajstić information content (AvgIpc) is 3.16. The molecular formula is C33H57BN4O4. The van der Waals surface area contributed by atoms with E-state index in [1.807, 2.05) is 61.6 Å². The minimum atomic E-state index is -0.506. The lowest BCUT2D eigenvalue weighted by Gasteiger charge is -2.34. The molecular weight excluding hydrogens is 527 g/mol. The zero-order valence-corrected chi connectivity index (χ0v) is 28.7. The smallest absolute Gasteiger partial charge is 0.444 e. The van der Waals surface area contributed by atoms with Crippen LogP contribution in [0.5, 0.6) is 0 Å². The summed E-state index contributed by atoms with van der Waals surface area (Å²) in [7, 11) is -0.423. The lowest BCUT2D eigenvalue weighted by atomic mass is 9.77. The second kappa shape index (κ2) is 16.3. The zero-order chi connectivity index (χ0) is 32.3. The van der Waals surface area contributed by atoms with Crippen molar-refractivity contribution in [2.24, 2.45) is 0 Å². The number of fused-ring (bicyclic) bond motifs is 1. The number of allylic oxidation sites excluding steroid dienone is 1. The van der Waals surface area contributed by atoms with Gasteiger partial charge in [0.1, 0.15) is 5.60 Å². The number of hydrogen-bond donors (Lipinski definition) is 1. The first kappa shape index (κ1) is 37.4. The van der Waals surface area contributed by atoms with E-state index in [9.17, 15) is 4.79 Å². The molecule has 2 fully saturated rings. The summed E-state index contributed by atoms with van der Waals surface area (Å²) in [5.41, 5.74) is 1.74. The molecule has 1 N–H and O–H groups in total. The predicted molar refractivity (Wildman–Crippen MR) is 178 cm³/mol. The molecule has 8 nitrogen and oxygen atoms in total. The van der Waals surface area contributed by atoms with Crippen LogP contribution in [-0.4, -0.2) is 64.0 Å². The quantitative estimate of drug-likeness (QED) is 0.293. The van der Waals surface area contributed by atoms with Crippen molar-refractivity contribution < 1.29 is 18.8 Å². The van der Waals surface area contributed by atoms with E-state index in [2.05, 4.69) is 63.6 Å². The predicted octanol–water partition coefficient (Wildman–Crippen LogP) is 7.55. The van der Waals surface area contributed by atoms with Gasteiger partial charge < -0.3 is 24.3 Å². The van der Waals surface area contributed by atoms with Gasteiger partial charge in [-0.3, -0.25) is 0 Å². The molecule has 9 heteroatoms. The minimum Gasteiger partial charge on any atom is -0.444 e. The van der Waals surface area contributed by atoms with Crippen LogP contribution in [0.2, 0.25) is 0 Å². The van der Waals surface area contributed by atoms with Crippen LogP contribution in [0.4, 0.5) is 10.7 Å². The highest BCUT2D eigenvalue weighted by Crippen LogP contribution is 2.36. The molecule has 2 aliphatic rings. The van der Waals surface area contributed by atoms with Gasteiger partial charge in [0, 0.05) is 30.7 Å². The number of carbonyl (C=O) groups is 1. The SMILES string of the molecule is C=CC.CC.CC.CCc1cc(B2OC(C)(C)C(C)(C)O2)cc2cnc(NC3CCCN(C(=O)OC(C)(C)C)C3)nc12. The highest BCUT2D eigenvalue weighted by molar-refractivity contribution is 6.62. The van der Waals surface area contributed by atoms with Crippen LogP contribution in [0, 0.1) is 0 Å². The minimum absolute atomic E-state index is 0.0721. The number of nitrogens with zero attached hydrogens (tertiary/aromatic N) is 3. The van der Waals surface area contributed by atoms with Crippen LogP contribution in [0.25, 0.3) is 10.9 Å². The molecule has 1 aromatic heterocycles. The van der Waals surface area contributed by atoms with Gasteiger partial charge in [-0.15, -0.1) is 6.58 Å². The number of anilines is 1. The Balaban J connectivity index is 0.00000116. The summed E-state index contributed by atoms with van der Waals surface area (Å²) in [5, 5.41) is 4.40. The molecule has 42 heavy (non-hydrogen) atoms. The Bertz CT molecular complexity index is 1130. The van der Waals surface area contributed by atoms with Crippen LogP contribution in [0.15, 0.2) is 31.0 Å². The highest BCUT2D eigenvalue weighted by atomic mass is 16.7. The summed E-state index contributed by atoms with van der Waals surface area (Å²) >= 11 is 0. The first-order valence-electron chi connectivity index (χ1n) is 15.7. The lowest BCUT2D eigenvalue weighted by molar-refractivity contribution is 0.00578. The van der Waals surface area contributed by atoms with Gasteiger partial charge in [-0.25, -0.2) is 14.8 Å². The Kier molecular flexibility index (Phi) is 14.5. The highest BCUT2D eigenvalue weighted by Gasteiger charge is 2.51. The maximum Gasteiger partial charge on any atom is 0.494 e. The van der Waals surface area contributed by atoms with Gasteiger partial charge in [-0.1, -0.05) is 52.8 Å². The number of piperidine rings is 1. The lowest BCUT2D eigenvalue weighted by Crippen LogP contribution is -2.47. The second-order valence-corrected chi connectivity index (χ2v) is 12.1. The number of aryl methyl sites for hydroxylation is 1. The van der Waals surface area contributed by atoms with Crippen molar-refractivity contribution in [2.75, 3.05) is 18.4 Å². The van der Waals surface area contributed by atoms with Gasteiger partial charge in [0.2, 0.25) is 5.95 Å². The van der Waals surface area contributed by atoms with Gasteiger partial charge >= 0.3 is 13.2 Å². The van der Waals surface area contributed by atoms with Crippen molar-refractivity contribution in [1.29, 1.82) is 0 Å². The Labute approximate surface area is 256 Å². The number of rotatable bonds is 4. The number of likely N-dealkylation sites (tertiary alicyclic amines) is 1. The van der Waals surface area contributed by atoms with E-state index in [4.69, 9.17) is 19.0 Å². The fraction of sp³-hybridized carbons (Fsp3) is 0.667. The molecule has 1 unspecified atom stereocenters. The molecule has 4 rings (SSSR count). The number of ether oxygens (including phenoxy) is 1. The molecule has 0 bridgehead atoms. The molecule has 0 aliphatic carbocycles. The Morgan fingerprint density at radius 2 is 1.74 bits per heavy atom. The summed E-state index contributed by atoms with van der Waals surface area (Å²) in [5.74, 6) is 0.576. The standard InChI is InChI=1S/C26H39BN4O4.C3H6.2C2H6/c1-9-17-13-19(27-34-25(5,6)26(7,8)35-27)14-18-15-28-22(30-21(17)18)29-20-11-10-12-31(16-20)23(32)33-24(2,3)4;1-3-2;2*1-2/h13-15,20H,9-12,16H2,1-8H3,(H,28,29,30);3H,1H2,2H3;2*1-2H3. The number of amides is 1. The van der Waals surface area contributed by atoms with Crippen molar-refractivity contribution >= 4 is 35.5 Å². The van der Waals surface area contributed by atoms with Crippen molar-refractivity contribution in [3.05, 3.63) is 36.5 Å². The van der Waals surface area contributed by atoms with Gasteiger partial charge in [-0.05, 0) is 85.7 Å². The van der Waals surface area contributed by atoms with E-state index in [0.717, 1.165) is 41.2 Å². The normalized spacial score (nSPS) is 18.8. The largest absolute Gasteiger partial charge is 0.494 e. The van der Waals surface area contributed by atoms with Crippen molar-refractivity contribution in [2.45, 2.75) is 132 Å². The molecule has 2 saturated heterocycles. The van der Waals surface area contributed by atoms with Crippen LogP contribution in [-0.2, 0) is 20.5 Å². The van der Waals surface area contributed by atoms with Crippen molar-refractivity contribution in [3.63, 3.8) is 0 Å². The Morgan fingerprint density at radius 3 is 2.26 bits per heavy atom. The first-order valence-corrected chi connectivity index (χ1v) is 15.7. The Morgan fingerprint density at radius 1 is 1.17 bits per heavy atom. The number of carbonyl (C=O) groups excluding carboxylic acids is 1. The molecule has 236 valence electrons. The van der Waals surface area contributed by atoms with E-state index < -0.39 is 23.9 Å². The summed E-state index contributed by atoms with van der Waals surface area (Å²) in [6, 6.07) is 4.26. The van der Waals surface area contributed by atoms with E-state index in [1.54, 1.807) is 11.0 Å². The van der Waals surface area contributed by atoms with Crippen LogP contribution >= 0.6 is 0 Å². The molecule has 2 aliphatic heterocycles. The van der Waals surface area contributed by atoms with Crippen LogP contribution in [0.3, 0.4) is 0 Å². The number of nitrogens with one attached hydrogen (secondary N) is 1. The molecule has 1 aromatic carbocycles. The van der Waals surface area contributed by atoms with Gasteiger partial charge in [0.15, 0.2) is 0 Å². The Hall–Kier alpha value is -2.65. The number of aromatic nitrogens is 2. The molecule has 3 heterocycles. The van der Waals surface area contributed by atoms with Gasteiger partial charge in [-0.2, -0.15) is 0 Å². The molecule has 0 saturated carbocycles. The molecule has 2 aromatic rings. The molecule has 1 atom stereocenters. The summed E-state index contributed by atoms with van der Waals surface area (Å²) in [4.78, 5) is 23.7. The topological polar surface area (TPSA) is 85.8 Å². The third-order valence-corrected chi connectivity index (χ3v) is 7.10. The van der Waals surface area contributed by atoms with Gasteiger partial charge in [0.25, 0.3) is 0 Å². The maximum atomic E-state index is 12.5. The monoisotopic (exact) mass is 584 g/mol. The molecule has 1 amide bonds. The summed E-state index contributed by atoms with van der Waals surface area (Å²) in [6.45, 7) is 30.5. The first-order chi connectivity index (χ1) is 19.7. The zero-order valence-electron chi connectivity index (χ0n) is 28.7.